The lowest BCUT2D eigenvalue weighted by molar-refractivity contribution is 0.0767. The molecule has 2 aromatic carbocycles. The van der Waals surface area contributed by atoms with Crippen LogP contribution in [0, 0.1) is 0 Å². The smallest absolute Gasteiger partial charge is 0.264 e. The van der Waals surface area contributed by atoms with Crippen molar-refractivity contribution in [3.05, 3.63) is 60.0 Å². The normalized spacial score (nSPS) is 10.5. The van der Waals surface area contributed by atoms with E-state index < -0.39 is 0 Å². The molecule has 0 spiro atoms. The Bertz CT molecular complexity index is 917. The summed E-state index contributed by atoms with van der Waals surface area (Å²) in [5, 5.41) is 3.98. The summed E-state index contributed by atoms with van der Waals surface area (Å²) in [6.07, 6.45) is 0. The summed E-state index contributed by atoms with van der Waals surface area (Å²) < 4.78 is 16.2. The van der Waals surface area contributed by atoms with Crippen LogP contribution < -0.4 is 9.47 Å². The minimum Gasteiger partial charge on any atom is -0.497 e. The molecule has 0 saturated heterocycles. The molecule has 28 heavy (non-hydrogen) atoms. The van der Waals surface area contributed by atoms with Crippen molar-refractivity contribution in [2.45, 2.75) is 20.5 Å². The summed E-state index contributed by atoms with van der Waals surface area (Å²) in [6.45, 7) is 5.25. The fourth-order valence-corrected chi connectivity index (χ4v) is 2.76. The Morgan fingerprint density at radius 3 is 2.46 bits per heavy atom. The Labute approximate surface area is 163 Å². The number of rotatable bonds is 8. The molecule has 3 aromatic rings. The third-order valence-electron chi connectivity index (χ3n) is 4.34. The molecule has 1 amide bonds. The Hall–Kier alpha value is -3.35. The van der Waals surface area contributed by atoms with Gasteiger partial charge < -0.3 is 18.9 Å². The largest absolute Gasteiger partial charge is 0.497 e. The van der Waals surface area contributed by atoms with Crippen LogP contribution in [0.3, 0.4) is 0 Å². The van der Waals surface area contributed by atoms with Crippen molar-refractivity contribution in [2.24, 2.45) is 0 Å². The van der Waals surface area contributed by atoms with E-state index in [1.54, 1.807) is 24.1 Å². The molecule has 7 heteroatoms. The molecule has 0 aliphatic rings. The standard InChI is InChI=1S/C21H23N3O4/c1-4-24(5-2)21(25)17-8-6-7-9-18(17)27-14-19-22-20(23-28-19)15-10-12-16(26-3)13-11-15/h6-13H,4-5,14H2,1-3H3. The van der Waals surface area contributed by atoms with Crippen molar-refractivity contribution < 1.29 is 18.8 Å². The number of aromatic nitrogens is 2. The zero-order valence-corrected chi connectivity index (χ0v) is 16.2. The van der Waals surface area contributed by atoms with Crippen LogP contribution in [-0.4, -0.2) is 41.1 Å². The second-order valence-electron chi connectivity index (χ2n) is 6.00. The van der Waals surface area contributed by atoms with E-state index in [-0.39, 0.29) is 12.5 Å². The number of carbonyl (C=O) groups is 1. The van der Waals surface area contributed by atoms with Gasteiger partial charge in [-0.05, 0) is 50.2 Å². The maximum atomic E-state index is 12.7. The van der Waals surface area contributed by atoms with Crippen LogP contribution >= 0.6 is 0 Å². The summed E-state index contributed by atoms with van der Waals surface area (Å²) in [4.78, 5) is 18.8. The molecular formula is C21H23N3O4. The number of hydrogen-bond donors (Lipinski definition) is 0. The van der Waals surface area contributed by atoms with Gasteiger partial charge in [0.05, 0.1) is 12.7 Å². The SMILES string of the molecule is CCN(CC)C(=O)c1ccccc1OCc1nc(-c2ccc(OC)cc2)no1. The molecule has 1 aromatic heterocycles. The fourth-order valence-electron chi connectivity index (χ4n) is 2.76. The molecule has 3 rings (SSSR count). The Balaban J connectivity index is 1.71. The maximum absolute atomic E-state index is 12.7. The first-order chi connectivity index (χ1) is 13.7. The van der Waals surface area contributed by atoms with Crippen LogP contribution in [0.15, 0.2) is 53.1 Å². The van der Waals surface area contributed by atoms with Crippen LogP contribution in [0.4, 0.5) is 0 Å². The third-order valence-corrected chi connectivity index (χ3v) is 4.34. The number of amides is 1. The number of para-hydroxylation sites is 1. The molecule has 0 aliphatic heterocycles. The zero-order chi connectivity index (χ0) is 19.9. The molecule has 0 bridgehead atoms. The van der Waals surface area contributed by atoms with Gasteiger partial charge in [0.2, 0.25) is 5.82 Å². The Morgan fingerprint density at radius 2 is 1.79 bits per heavy atom. The fraction of sp³-hybridized carbons (Fsp3) is 0.286. The first kappa shape index (κ1) is 19.4. The van der Waals surface area contributed by atoms with E-state index in [1.165, 1.54) is 0 Å². The highest BCUT2D eigenvalue weighted by atomic mass is 16.5. The van der Waals surface area contributed by atoms with Gasteiger partial charge in [0.25, 0.3) is 11.8 Å². The van der Waals surface area contributed by atoms with Gasteiger partial charge in [-0.25, -0.2) is 0 Å². The van der Waals surface area contributed by atoms with E-state index in [0.29, 0.717) is 36.1 Å². The van der Waals surface area contributed by atoms with Gasteiger partial charge in [-0.2, -0.15) is 4.98 Å². The highest BCUT2D eigenvalue weighted by molar-refractivity contribution is 5.96. The topological polar surface area (TPSA) is 77.7 Å². The molecule has 0 radical (unpaired) electrons. The van der Waals surface area contributed by atoms with Gasteiger partial charge in [0.15, 0.2) is 6.61 Å². The highest BCUT2D eigenvalue weighted by Gasteiger charge is 2.18. The molecule has 0 N–H and O–H groups in total. The van der Waals surface area contributed by atoms with Gasteiger partial charge in [0, 0.05) is 18.7 Å². The predicted octanol–water partition coefficient (Wildman–Crippen LogP) is 3.81. The molecule has 0 unspecified atom stereocenters. The molecular weight excluding hydrogens is 358 g/mol. The van der Waals surface area contributed by atoms with Crippen molar-refractivity contribution in [1.29, 1.82) is 0 Å². The molecule has 7 nitrogen and oxygen atoms in total. The highest BCUT2D eigenvalue weighted by Crippen LogP contribution is 2.23. The average Bonchev–Trinajstić information content (AvgIpc) is 3.22. The molecule has 0 atom stereocenters. The predicted molar refractivity (Wildman–Crippen MR) is 104 cm³/mol. The van der Waals surface area contributed by atoms with Crippen LogP contribution in [0.1, 0.15) is 30.1 Å². The summed E-state index contributed by atoms with van der Waals surface area (Å²) in [7, 11) is 1.61. The maximum Gasteiger partial charge on any atom is 0.264 e. The summed E-state index contributed by atoms with van der Waals surface area (Å²) in [5.74, 6) is 1.98. The summed E-state index contributed by atoms with van der Waals surface area (Å²) in [6, 6.07) is 14.5. The number of benzene rings is 2. The molecule has 1 heterocycles. The van der Waals surface area contributed by atoms with Crippen molar-refractivity contribution in [1.82, 2.24) is 15.0 Å². The lowest BCUT2D eigenvalue weighted by Crippen LogP contribution is -2.30. The van der Waals surface area contributed by atoms with E-state index in [2.05, 4.69) is 10.1 Å². The number of nitrogens with zero attached hydrogens (tertiary/aromatic N) is 3. The third kappa shape index (κ3) is 4.31. The van der Waals surface area contributed by atoms with Gasteiger partial charge >= 0.3 is 0 Å². The van der Waals surface area contributed by atoms with E-state index in [0.717, 1.165) is 11.3 Å². The summed E-state index contributed by atoms with van der Waals surface area (Å²) in [5.41, 5.74) is 1.33. The van der Waals surface area contributed by atoms with Gasteiger partial charge in [0.1, 0.15) is 11.5 Å². The molecule has 0 saturated carbocycles. The van der Waals surface area contributed by atoms with E-state index >= 15 is 0 Å². The zero-order valence-electron chi connectivity index (χ0n) is 16.2. The van der Waals surface area contributed by atoms with E-state index in [4.69, 9.17) is 14.0 Å². The molecule has 0 fully saturated rings. The van der Waals surface area contributed by atoms with Crippen LogP contribution in [-0.2, 0) is 6.61 Å². The monoisotopic (exact) mass is 381 g/mol. The molecule has 146 valence electrons. The Morgan fingerprint density at radius 1 is 1.07 bits per heavy atom. The lowest BCUT2D eigenvalue weighted by atomic mass is 10.1. The number of ether oxygens (including phenoxy) is 2. The molecule has 0 aliphatic carbocycles. The first-order valence-electron chi connectivity index (χ1n) is 9.14. The Kier molecular flexibility index (Phi) is 6.26. The van der Waals surface area contributed by atoms with Crippen molar-refractivity contribution in [3.63, 3.8) is 0 Å². The second-order valence-corrected chi connectivity index (χ2v) is 6.00. The van der Waals surface area contributed by atoms with Gasteiger partial charge in [-0.1, -0.05) is 17.3 Å². The van der Waals surface area contributed by atoms with Crippen LogP contribution in [0.25, 0.3) is 11.4 Å². The van der Waals surface area contributed by atoms with E-state index in [9.17, 15) is 4.79 Å². The number of methoxy groups -OCH3 is 1. The van der Waals surface area contributed by atoms with Gasteiger partial charge in [-0.15, -0.1) is 0 Å². The number of hydrogen-bond acceptors (Lipinski definition) is 6. The lowest BCUT2D eigenvalue weighted by Gasteiger charge is -2.20. The van der Waals surface area contributed by atoms with Crippen LogP contribution in [0.5, 0.6) is 11.5 Å². The number of carbonyl (C=O) groups excluding carboxylic acids is 1. The quantitative estimate of drug-likeness (QED) is 0.590. The van der Waals surface area contributed by atoms with Crippen molar-refractivity contribution >= 4 is 5.91 Å². The van der Waals surface area contributed by atoms with Crippen molar-refractivity contribution in [3.8, 4) is 22.9 Å². The summed E-state index contributed by atoms with van der Waals surface area (Å²) >= 11 is 0. The van der Waals surface area contributed by atoms with Gasteiger partial charge in [-0.3, -0.25) is 4.79 Å². The van der Waals surface area contributed by atoms with Crippen LogP contribution in [0.2, 0.25) is 0 Å². The first-order valence-corrected chi connectivity index (χ1v) is 9.14. The average molecular weight is 381 g/mol. The minimum absolute atomic E-state index is 0.0648. The van der Waals surface area contributed by atoms with E-state index in [1.807, 2.05) is 50.2 Å². The van der Waals surface area contributed by atoms with Crippen molar-refractivity contribution in [2.75, 3.05) is 20.2 Å². The second kappa shape index (κ2) is 9.03. The minimum atomic E-state index is -0.0648.